The predicted octanol–water partition coefficient (Wildman–Crippen LogP) is 3.69. The van der Waals surface area contributed by atoms with Crippen LogP contribution in [-0.2, 0) is 11.2 Å². The van der Waals surface area contributed by atoms with Gasteiger partial charge >= 0.3 is 0 Å². The summed E-state index contributed by atoms with van der Waals surface area (Å²) >= 11 is 1.53. The minimum Gasteiger partial charge on any atom is -0.321 e. The number of nitrogens with two attached hydrogens (primary N) is 1. The van der Waals surface area contributed by atoms with E-state index in [2.05, 4.69) is 18.8 Å². The molecule has 0 amide bonds. The van der Waals surface area contributed by atoms with E-state index in [0.717, 1.165) is 29.1 Å². The molecule has 0 unspecified atom stereocenters. The van der Waals surface area contributed by atoms with Gasteiger partial charge in [0, 0.05) is 10.9 Å². The lowest BCUT2D eigenvalue weighted by Gasteiger charge is -2.11. The highest BCUT2D eigenvalue weighted by atomic mass is 32.1. The summed E-state index contributed by atoms with van der Waals surface area (Å²) in [5.74, 6) is 0.665. The first-order valence-electron chi connectivity index (χ1n) is 7.34. The van der Waals surface area contributed by atoms with Crippen LogP contribution in [0.5, 0.6) is 0 Å². The Morgan fingerprint density at radius 3 is 2.62 bits per heavy atom. The van der Waals surface area contributed by atoms with E-state index in [9.17, 15) is 4.79 Å². The van der Waals surface area contributed by atoms with Crippen LogP contribution in [-0.4, -0.2) is 16.8 Å². The second-order valence-corrected chi connectivity index (χ2v) is 6.66. The normalized spacial score (nSPS) is 12.6. The highest BCUT2D eigenvalue weighted by Gasteiger charge is 2.16. The number of rotatable bonds is 7. The molecular formula is C17H22N2OS. The molecule has 112 valence electrons. The van der Waals surface area contributed by atoms with Gasteiger partial charge < -0.3 is 5.73 Å². The molecule has 0 spiro atoms. The topological polar surface area (TPSA) is 56.0 Å². The molecular weight excluding hydrogens is 280 g/mol. The number of ketones is 1. The molecule has 3 nitrogen and oxygen atoms in total. The van der Waals surface area contributed by atoms with Crippen molar-refractivity contribution in [2.75, 3.05) is 0 Å². The van der Waals surface area contributed by atoms with Crippen LogP contribution >= 0.6 is 11.3 Å². The molecule has 0 aliphatic rings. The second-order valence-electron chi connectivity index (χ2n) is 5.71. The lowest BCUT2D eigenvalue weighted by molar-refractivity contribution is -0.119. The van der Waals surface area contributed by atoms with E-state index in [0.29, 0.717) is 12.3 Å². The fourth-order valence-corrected chi connectivity index (χ4v) is 2.90. The Balaban J connectivity index is 1.95. The van der Waals surface area contributed by atoms with E-state index >= 15 is 0 Å². The van der Waals surface area contributed by atoms with Crippen LogP contribution in [0.2, 0.25) is 0 Å². The van der Waals surface area contributed by atoms with Crippen molar-refractivity contribution in [3.8, 4) is 11.3 Å². The number of carbonyl (C=O) groups excluding carboxylic acids is 1. The van der Waals surface area contributed by atoms with E-state index in [4.69, 9.17) is 5.73 Å². The first kappa shape index (κ1) is 15.9. The molecule has 0 bridgehead atoms. The summed E-state index contributed by atoms with van der Waals surface area (Å²) in [5.41, 5.74) is 7.97. The number of benzene rings is 1. The van der Waals surface area contributed by atoms with Crippen LogP contribution in [0.3, 0.4) is 0 Å². The third-order valence-electron chi connectivity index (χ3n) is 3.42. The van der Waals surface area contributed by atoms with Crippen molar-refractivity contribution < 1.29 is 4.79 Å². The Labute approximate surface area is 130 Å². The van der Waals surface area contributed by atoms with Crippen molar-refractivity contribution >= 4 is 17.1 Å². The Bertz CT molecular complexity index is 577. The van der Waals surface area contributed by atoms with E-state index < -0.39 is 0 Å². The smallest absolute Gasteiger partial charge is 0.156 e. The van der Waals surface area contributed by atoms with Gasteiger partial charge in [-0.25, -0.2) is 4.98 Å². The Morgan fingerprint density at radius 2 is 1.95 bits per heavy atom. The molecule has 1 aromatic heterocycles. The van der Waals surface area contributed by atoms with E-state index in [1.807, 2.05) is 35.7 Å². The molecule has 21 heavy (non-hydrogen) atoms. The van der Waals surface area contributed by atoms with E-state index in [-0.39, 0.29) is 11.8 Å². The summed E-state index contributed by atoms with van der Waals surface area (Å²) in [7, 11) is 0. The molecule has 2 rings (SSSR count). The fraction of sp³-hybridized carbons (Fsp3) is 0.412. The van der Waals surface area contributed by atoms with Gasteiger partial charge in [-0.2, -0.15) is 0 Å². The quantitative estimate of drug-likeness (QED) is 0.848. The van der Waals surface area contributed by atoms with E-state index in [1.165, 1.54) is 11.3 Å². The van der Waals surface area contributed by atoms with Gasteiger partial charge in [-0.05, 0) is 18.8 Å². The number of carbonyl (C=O) groups is 1. The standard InChI is InChI=1S/C17H22N2OS/c1-12(2)8-9-14(18)16(20)10-17-19-15(11-21-17)13-6-4-3-5-7-13/h3-7,11-12,14H,8-10,18H2,1-2H3/t14-/m0/s1. The van der Waals surface area contributed by atoms with Crippen molar-refractivity contribution in [2.24, 2.45) is 11.7 Å². The lowest BCUT2D eigenvalue weighted by Crippen LogP contribution is -2.32. The van der Waals surface area contributed by atoms with Crippen molar-refractivity contribution in [1.29, 1.82) is 0 Å². The summed E-state index contributed by atoms with van der Waals surface area (Å²) in [6.07, 6.45) is 2.09. The second kappa shape index (κ2) is 7.48. The van der Waals surface area contributed by atoms with Gasteiger partial charge in [-0.3, -0.25) is 4.79 Å². The molecule has 1 atom stereocenters. The molecule has 0 aliphatic heterocycles. The number of thiazole rings is 1. The molecule has 0 saturated heterocycles. The lowest BCUT2D eigenvalue weighted by atomic mass is 10.00. The molecule has 0 radical (unpaired) electrons. The van der Waals surface area contributed by atoms with Gasteiger partial charge in [0.2, 0.25) is 0 Å². The van der Waals surface area contributed by atoms with Crippen LogP contribution in [0.4, 0.5) is 0 Å². The van der Waals surface area contributed by atoms with Crippen molar-refractivity contribution in [3.05, 3.63) is 40.7 Å². The summed E-state index contributed by atoms with van der Waals surface area (Å²) < 4.78 is 0. The van der Waals surface area contributed by atoms with Gasteiger partial charge in [-0.1, -0.05) is 44.2 Å². The minimum absolute atomic E-state index is 0.0876. The summed E-state index contributed by atoms with van der Waals surface area (Å²) in [6, 6.07) is 9.64. The molecule has 0 saturated carbocycles. The van der Waals surface area contributed by atoms with Gasteiger partial charge in [0.1, 0.15) is 5.01 Å². The summed E-state index contributed by atoms with van der Waals surface area (Å²) in [5, 5.41) is 2.84. The van der Waals surface area contributed by atoms with Gasteiger partial charge in [-0.15, -0.1) is 11.3 Å². The summed E-state index contributed by atoms with van der Waals surface area (Å²) in [6.45, 7) is 4.29. The zero-order valence-electron chi connectivity index (χ0n) is 12.6. The van der Waals surface area contributed by atoms with E-state index in [1.54, 1.807) is 0 Å². The SMILES string of the molecule is CC(C)CC[C@H](N)C(=O)Cc1nc(-c2ccccc2)cs1. The Morgan fingerprint density at radius 1 is 1.24 bits per heavy atom. The number of nitrogens with zero attached hydrogens (tertiary/aromatic N) is 1. The highest BCUT2D eigenvalue weighted by molar-refractivity contribution is 7.10. The maximum atomic E-state index is 12.1. The first-order chi connectivity index (χ1) is 10.1. The average Bonchev–Trinajstić information content (AvgIpc) is 2.94. The van der Waals surface area contributed by atoms with Crippen LogP contribution < -0.4 is 5.73 Å². The molecule has 1 aromatic carbocycles. The maximum Gasteiger partial charge on any atom is 0.156 e. The Kier molecular flexibility index (Phi) is 5.65. The number of aromatic nitrogens is 1. The van der Waals surface area contributed by atoms with Crippen molar-refractivity contribution in [3.63, 3.8) is 0 Å². The fourth-order valence-electron chi connectivity index (χ4n) is 2.09. The number of hydrogen-bond donors (Lipinski definition) is 1. The zero-order chi connectivity index (χ0) is 15.2. The minimum atomic E-state index is -0.364. The maximum absolute atomic E-state index is 12.1. The largest absolute Gasteiger partial charge is 0.321 e. The molecule has 0 aliphatic carbocycles. The van der Waals surface area contributed by atoms with Crippen LogP contribution in [0.25, 0.3) is 11.3 Å². The predicted molar refractivity (Wildman–Crippen MR) is 88.3 cm³/mol. The number of Topliss-reactive ketones (excluding diaryl/α,β-unsaturated/α-hetero) is 1. The zero-order valence-corrected chi connectivity index (χ0v) is 13.4. The third kappa shape index (κ3) is 4.76. The van der Waals surface area contributed by atoms with Crippen molar-refractivity contribution in [1.82, 2.24) is 4.98 Å². The van der Waals surface area contributed by atoms with Gasteiger partial charge in [0.15, 0.2) is 5.78 Å². The Hall–Kier alpha value is -1.52. The van der Waals surface area contributed by atoms with Crippen LogP contribution in [0.15, 0.2) is 35.7 Å². The number of hydrogen-bond acceptors (Lipinski definition) is 4. The first-order valence-corrected chi connectivity index (χ1v) is 8.22. The molecule has 2 N–H and O–H groups in total. The molecule has 1 heterocycles. The summed E-state index contributed by atoms with van der Waals surface area (Å²) in [4.78, 5) is 16.7. The third-order valence-corrected chi connectivity index (χ3v) is 4.26. The molecule has 0 fully saturated rings. The van der Waals surface area contributed by atoms with Gasteiger partial charge in [0.25, 0.3) is 0 Å². The molecule has 2 aromatic rings. The van der Waals surface area contributed by atoms with Gasteiger partial charge in [0.05, 0.1) is 18.2 Å². The monoisotopic (exact) mass is 302 g/mol. The van der Waals surface area contributed by atoms with Crippen LogP contribution in [0, 0.1) is 5.92 Å². The van der Waals surface area contributed by atoms with Crippen LogP contribution in [0.1, 0.15) is 31.7 Å². The average molecular weight is 302 g/mol. The highest BCUT2D eigenvalue weighted by Crippen LogP contribution is 2.22. The molecule has 4 heteroatoms. The van der Waals surface area contributed by atoms with Crippen molar-refractivity contribution in [2.45, 2.75) is 39.2 Å².